The lowest BCUT2D eigenvalue weighted by Crippen LogP contribution is -2.40. The lowest BCUT2D eigenvalue weighted by atomic mass is 10.3. The second-order valence-corrected chi connectivity index (χ2v) is 4.18. The first-order chi connectivity index (χ1) is 7.65. The number of rotatable bonds is 3. The zero-order valence-corrected chi connectivity index (χ0v) is 9.39. The van der Waals surface area contributed by atoms with Crippen LogP contribution in [0.1, 0.15) is 12.1 Å². The summed E-state index contributed by atoms with van der Waals surface area (Å²) >= 11 is 0. The fourth-order valence-electron chi connectivity index (χ4n) is 2.08. The minimum absolute atomic E-state index is 0.186. The third-order valence-corrected chi connectivity index (χ3v) is 2.93. The average Bonchev–Trinajstić information content (AvgIpc) is 2.77. The number of aromatic nitrogens is 2. The zero-order valence-electron chi connectivity index (χ0n) is 9.39. The molecule has 0 aromatic carbocycles. The van der Waals surface area contributed by atoms with Gasteiger partial charge in [-0.15, -0.1) is 0 Å². The number of nitrogens with one attached hydrogen (secondary N) is 1. The number of amides is 2. The Morgan fingerprint density at radius 1 is 1.75 bits per heavy atom. The first-order valence-corrected chi connectivity index (χ1v) is 5.40. The van der Waals surface area contributed by atoms with E-state index in [0.717, 1.165) is 26.1 Å². The number of hydrogen-bond donors (Lipinski definition) is 2. The summed E-state index contributed by atoms with van der Waals surface area (Å²) in [5.41, 5.74) is 6.28. The van der Waals surface area contributed by atoms with Gasteiger partial charge in [-0.1, -0.05) is 0 Å². The highest BCUT2D eigenvalue weighted by Gasteiger charge is 2.23. The first kappa shape index (κ1) is 10.9. The van der Waals surface area contributed by atoms with E-state index in [4.69, 9.17) is 5.73 Å². The molecular formula is C10H17N5O. The van der Waals surface area contributed by atoms with Gasteiger partial charge in [0, 0.05) is 38.9 Å². The Hall–Kier alpha value is -1.56. The molecule has 0 radical (unpaired) electrons. The minimum atomic E-state index is -0.438. The van der Waals surface area contributed by atoms with E-state index in [1.807, 2.05) is 17.8 Å². The van der Waals surface area contributed by atoms with Gasteiger partial charge in [0.25, 0.3) is 0 Å². The number of nitrogens with zero attached hydrogens (tertiary/aromatic N) is 3. The van der Waals surface area contributed by atoms with Crippen molar-refractivity contribution in [1.82, 2.24) is 20.0 Å². The molecule has 1 aromatic rings. The van der Waals surface area contributed by atoms with E-state index < -0.39 is 6.03 Å². The van der Waals surface area contributed by atoms with Gasteiger partial charge in [0.1, 0.15) is 0 Å². The molecule has 1 aliphatic rings. The molecule has 16 heavy (non-hydrogen) atoms. The van der Waals surface area contributed by atoms with E-state index in [0.29, 0.717) is 0 Å². The van der Waals surface area contributed by atoms with Crippen LogP contribution in [-0.4, -0.2) is 39.8 Å². The molecule has 3 N–H and O–H groups in total. The maximum atomic E-state index is 10.7. The summed E-state index contributed by atoms with van der Waals surface area (Å²) in [5, 5.41) is 6.87. The van der Waals surface area contributed by atoms with Crippen LogP contribution in [0.15, 0.2) is 12.3 Å². The molecule has 6 nitrogen and oxygen atoms in total. The van der Waals surface area contributed by atoms with Crippen molar-refractivity contribution in [3.05, 3.63) is 18.0 Å². The van der Waals surface area contributed by atoms with Gasteiger partial charge in [-0.05, 0) is 12.5 Å². The fraction of sp³-hybridized carbons (Fsp3) is 0.600. The minimum Gasteiger partial charge on any atom is -0.352 e. The van der Waals surface area contributed by atoms with E-state index in [2.05, 4.69) is 15.3 Å². The summed E-state index contributed by atoms with van der Waals surface area (Å²) in [6, 6.07) is 1.76. The Labute approximate surface area is 94.4 Å². The van der Waals surface area contributed by atoms with Crippen molar-refractivity contribution in [2.75, 3.05) is 13.1 Å². The van der Waals surface area contributed by atoms with Crippen molar-refractivity contribution < 1.29 is 4.79 Å². The number of nitrogens with two attached hydrogens (primary N) is 1. The Balaban J connectivity index is 1.85. The van der Waals surface area contributed by atoms with Crippen LogP contribution in [0.4, 0.5) is 4.79 Å². The number of aryl methyl sites for hydroxylation is 1. The molecule has 0 saturated carbocycles. The quantitative estimate of drug-likeness (QED) is 0.736. The molecule has 1 aliphatic heterocycles. The number of likely N-dealkylation sites (tertiary alicyclic amines) is 1. The van der Waals surface area contributed by atoms with Crippen LogP contribution in [-0.2, 0) is 13.6 Å². The highest BCUT2D eigenvalue weighted by Crippen LogP contribution is 2.12. The van der Waals surface area contributed by atoms with Crippen molar-refractivity contribution in [2.24, 2.45) is 12.8 Å². The van der Waals surface area contributed by atoms with Crippen molar-refractivity contribution in [1.29, 1.82) is 0 Å². The average molecular weight is 223 g/mol. The second-order valence-electron chi connectivity index (χ2n) is 4.18. The number of urea groups is 1. The van der Waals surface area contributed by atoms with Crippen LogP contribution in [0.3, 0.4) is 0 Å². The van der Waals surface area contributed by atoms with E-state index in [-0.39, 0.29) is 6.04 Å². The van der Waals surface area contributed by atoms with E-state index in [1.165, 1.54) is 5.69 Å². The summed E-state index contributed by atoms with van der Waals surface area (Å²) in [4.78, 5) is 13.0. The summed E-state index contributed by atoms with van der Waals surface area (Å²) in [5.74, 6) is 0. The summed E-state index contributed by atoms with van der Waals surface area (Å²) in [6.07, 6.45) is 2.76. The standard InChI is InChI=1S/C10H17N5O/c1-14-9(2-4-12-14)7-15-5-3-8(6-15)13-10(11)16/h2,4,8H,3,5-7H2,1H3,(H3,11,13,16). The van der Waals surface area contributed by atoms with Gasteiger partial charge in [0.15, 0.2) is 0 Å². The molecule has 1 unspecified atom stereocenters. The topological polar surface area (TPSA) is 76.2 Å². The van der Waals surface area contributed by atoms with Crippen LogP contribution in [0.2, 0.25) is 0 Å². The molecule has 1 aromatic heterocycles. The third kappa shape index (κ3) is 2.52. The van der Waals surface area contributed by atoms with E-state index in [1.54, 1.807) is 6.20 Å². The van der Waals surface area contributed by atoms with Crippen LogP contribution in [0.25, 0.3) is 0 Å². The highest BCUT2D eigenvalue weighted by molar-refractivity contribution is 5.72. The SMILES string of the molecule is Cn1nccc1CN1CCC(NC(N)=O)C1. The lowest BCUT2D eigenvalue weighted by Gasteiger charge is -2.16. The maximum Gasteiger partial charge on any atom is 0.312 e. The van der Waals surface area contributed by atoms with Gasteiger partial charge >= 0.3 is 6.03 Å². The van der Waals surface area contributed by atoms with Crippen LogP contribution >= 0.6 is 0 Å². The highest BCUT2D eigenvalue weighted by atomic mass is 16.2. The molecule has 1 saturated heterocycles. The molecule has 2 amide bonds. The third-order valence-electron chi connectivity index (χ3n) is 2.93. The van der Waals surface area contributed by atoms with Gasteiger partial charge in [0.2, 0.25) is 0 Å². The largest absolute Gasteiger partial charge is 0.352 e. The fourth-order valence-corrected chi connectivity index (χ4v) is 2.08. The Morgan fingerprint density at radius 2 is 2.56 bits per heavy atom. The number of carbonyl (C=O) groups is 1. The molecule has 88 valence electrons. The van der Waals surface area contributed by atoms with Crippen LogP contribution in [0, 0.1) is 0 Å². The van der Waals surface area contributed by atoms with Gasteiger partial charge in [0.05, 0.1) is 5.69 Å². The summed E-state index contributed by atoms with van der Waals surface area (Å²) in [6.45, 7) is 2.71. The number of primary amides is 1. The van der Waals surface area contributed by atoms with Gasteiger partial charge in [-0.3, -0.25) is 9.58 Å². The molecule has 2 rings (SSSR count). The van der Waals surface area contributed by atoms with Crippen LogP contribution < -0.4 is 11.1 Å². The predicted molar refractivity (Wildman–Crippen MR) is 59.6 cm³/mol. The predicted octanol–water partition coefficient (Wildman–Crippen LogP) is -0.337. The van der Waals surface area contributed by atoms with E-state index in [9.17, 15) is 4.79 Å². The molecular weight excluding hydrogens is 206 g/mol. The maximum absolute atomic E-state index is 10.7. The Morgan fingerprint density at radius 3 is 3.19 bits per heavy atom. The monoisotopic (exact) mass is 223 g/mol. The Bertz CT molecular complexity index is 375. The van der Waals surface area contributed by atoms with Gasteiger partial charge < -0.3 is 11.1 Å². The zero-order chi connectivity index (χ0) is 11.5. The Kier molecular flexibility index (Phi) is 3.09. The van der Waals surface area contributed by atoms with Crippen molar-refractivity contribution in [3.8, 4) is 0 Å². The molecule has 2 heterocycles. The number of hydrogen-bond acceptors (Lipinski definition) is 3. The van der Waals surface area contributed by atoms with Gasteiger partial charge in [-0.2, -0.15) is 5.10 Å². The number of carbonyl (C=O) groups excluding carboxylic acids is 1. The smallest absolute Gasteiger partial charge is 0.312 e. The van der Waals surface area contributed by atoms with E-state index >= 15 is 0 Å². The molecule has 6 heteroatoms. The van der Waals surface area contributed by atoms with Crippen molar-refractivity contribution >= 4 is 6.03 Å². The van der Waals surface area contributed by atoms with Crippen molar-refractivity contribution in [2.45, 2.75) is 19.0 Å². The molecule has 0 spiro atoms. The van der Waals surface area contributed by atoms with Gasteiger partial charge in [-0.25, -0.2) is 4.79 Å². The lowest BCUT2D eigenvalue weighted by molar-refractivity contribution is 0.244. The summed E-state index contributed by atoms with van der Waals surface area (Å²) in [7, 11) is 1.94. The van der Waals surface area contributed by atoms with Crippen LogP contribution in [0.5, 0.6) is 0 Å². The molecule has 0 aliphatic carbocycles. The first-order valence-electron chi connectivity index (χ1n) is 5.40. The molecule has 0 bridgehead atoms. The normalized spacial score (nSPS) is 21.2. The summed E-state index contributed by atoms with van der Waals surface area (Å²) < 4.78 is 1.87. The second kappa shape index (κ2) is 4.52. The van der Waals surface area contributed by atoms with Crippen molar-refractivity contribution in [3.63, 3.8) is 0 Å². The molecule has 1 atom stereocenters. The molecule has 1 fully saturated rings.